The number of para-hydroxylation sites is 1. The fourth-order valence-corrected chi connectivity index (χ4v) is 3.75. The number of amides is 1. The van der Waals surface area contributed by atoms with Crippen LogP contribution in [0.3, 0.4) is 0 Å². The summed E-state index contributed by atoms with van der Waals surface area (Å²) in [5.41, 5.74) is 1.94. The lowest BCUT2D eigenvalue weighted by Crippen LogP contribution is -2.15. The Kier molecular flexibility index (Phi) is 5.93. The number of carbonyl (C=O) groups excluding carboxylic acids is 2. The lowest BCUT2D eigenvalue weighted by Gasteiger charge is -2.09. The van der Waals surface area contributed by atoms with Crippen molar-refractivity contribution >= 4 is 44.1 Å². The van der Waals surface area contributed by atoms with Crippen molar-refractivity contribution in [2.24, 2.45) is 0 Å². The van der Waals surface area contributed by atoms with Crippen LogP contribution in [0.4, 0.5) is 5.00 Å². The molecule has 0 saturated carbocycles. The second-order valence-electron chi connectivity index (χ2n) is 5.55. The van der Waals surface area contributed by atoms with Crippen molar-refractivity contribution in [1.29, 1.82) is 0 Å². The monoisotopic (exact) mass is 445 g/mol. The Labute approximate surface area is 168 Å². The molecule has 0 bridgehead atoms. The van der Waals surface area contributed by atoms with Gasteiger partial charge >= 0.3 is 5.97 Å². The molecule has 1 aromatic heterocycles. The first-order chi connectivity index (χ1) is 13.0. The van der Waals surface area contributed by atoms with Crippen LogP contribution in [0, 0.1) is 0 Å². The Morgan fingerprint density at radius 3 is 2.52 bits per heavy atom. The van der Waals surface area contributed by atoms with Crippen LogP contribution in [0.25, 0.3) is 11.1 Å². The number of benzene rings is 2. The third-order valence-corrected chi connectivity index (χ3v) is 5.23. The van der Waals surface area contributed by atoms with Gasteiger partial charge in [-0.1, -0.05) is 40.2 Å². The van der Waals surface area contributed by atoms with Crippen LogP contribution in [0.5, 0.6) is 5.75 Å². The van der Waals surface area contributed by atoms with Crippen LogP contribution in [-0.2, 0) is 4.74 Å². The van der Waals surface area contributed by atoms with Gasteiger partial charge in [0.15, 0.2) is 0 Å². The summed E-state index contributed by atoms with van der Waals surface area (Å²) in [6.07, 6.45) is 0. The van der Waals surface area contributed by atoms with E-state index >= 15 is 0 Å². The lowest BCUT2D eigenvalue weighted by atomic mass is 10.0. The Morgan fingerprint density at radius 1 is 1.15 bits per heavy atom. The number of phenolic OH excluding ortho intramolecular Hbond substituents is 1. The second kappa shape index (κ2) is 8.37. The first-order valence-electron chi connectivity index (χ1n) is 8.15. The normalized spacial score (nSPS) is 10.4. The average molecular weight is 446 g/mol. The summed E-state index contributed by atoms with van der Waals surface area (Å²) >= 11 is 4.62. The van der Waals surface area contributed by atoms with E-state index in [4.69, 9.17) is 4.74 Å². The third-order valence-electron chi connectivity index (χ3n) is 3.80. The van der Waals surface area contributed by atoms with Crippen molar-refractivity contribution in [3.8, 4) is 16.9 Å². The number of rotatable bonds is 5. The SMILES string of the molecule is CCOC(=O)c1c(-c2ccc(Br)cc2)csc1NC(=O)c1ccccc1O. The van der Waals surface area contributed by atoms with Crippen molar-refractivity contribution in [1.82, 2.24) is 0 Å². The van der Waals surface area contributed by atoms with Crippen LogP contribution < -0.4 is 5.32 Å². The molecular formula is C20H16BrNO4S. The summed E-state index contributed by atoms with van der Waals surface area (Å²) in [7, 11) is 0. The van der Waals surface area contributed by atoms with E-state index in [-0.39, 0.29) is 17.9 Å². The molecule has 7 heteroatoms. The van der Waals surface area contributed by atoms with E-state index in [1.807, 2.05) is 24.3 Å². The van der Waals surface area contributed by atoms with Crippen molar-refractivity contribution in [2.75, 3.05) is 11.9 Å². The zero-order chi connectivity index (χ0) is 19.4. The fourth-order valence-electron chi connectivity index (χ4n) is 2.53. The number of halogens is 1. The minimum absolute atomic E-state index is 0.127. The van der Waals surface area contributed by atoms with Gasteiger partial charge in [0, 0.05) is 15.4 Å². The van der Waals surface area contributed by atoms with E-state index in [0.717, 1.165) is 10.0 Å². The highest BCUT2D eigenvalue weighted by molar-refractivity contribution is 9.10. The molecule has 3 rings (SSSR count). The number of thiophene rings is 1. The molecule has 2 N–H and O–H groups in total. The fraction of sp³-hybridized carbons (Fsp3) is 0.100. The van der Waals surface area contributed by atoms with Gasteiger partial charge in [0.05, 0.1) is 12.2 Å². The molecule has 27 heavy (non-hydrogen) atoms. The molecule has 138 valence electrons. The number of esters is 1. The maximum absolute atomic E-state index is 12.5. The molecule has 0 atom stereocenters. The van der Waals surface area contributed by atoms with E-state index < -0.39 is 11.9 Å². The van der Waals surface area contributed by atoms with Gasteiger partial charge < -0.3 is 15.2 Å². The Balaban J connectivity index is 2.00. The van der Waals surface area contributed by atoms with E-state index in [2.05, 4.69) is 21.2 Å². The van der Waals surface area contributed by atoms with Gasteiger partial charge in [0.2, 0.25) is 0 Å². The number of nitrogens with one attached hydrogen (secondary N) is 1. The predicted molar refractivity (Wildman–Crippen MR) is 109 cm³/mol. The average Bonchev–Trinajstić information content (AvgIpc) is 3.06. The van der Waals surface area contributed by atoms with Gasteiger partial charge in [-0.05, 0) is 36.8 Å². The van der Waals surface area contributed by atoms with Gasteiger partial charge in [0.1, 0.15) is 16.3 Å². The number of phenols is 1. The summed E-state index contributed by atoms with van der Waals surface area (Å²) in [5, 5.41) is 14.8. The van der Waals surface area contributed by atoms with Crippen molar-refractivity contribution in [2.45, 2.75) is 6.92 Å². The minimum Gasteiger partial charge on any atom is -0.507 e. The zero-order valence-corrected chi connectivity index (χ0v) is 16.8. The maximum atomic E-state index is 12.5. The topological polar surface area (TPSA) is 75.6 Å². The highest BCUT2D eigenvalue weighted by Gasteiger charge is 2.23. The van der Waals surface area contributed by atoms with Crippen LogP contribution in [0.1, 0.15) is 27.6 Å². The lowest BCUT2D eigenvalue weighted by molar-refractivity contribution is 0.0529. The summed E-state index contributed by atoms with van der Waals surface area (Å²) in [5.74, 6) is -1.13. The Hall–Kier alpha value is -2.64. The summed E-state index contributed by atoms with van der Waals surface area (Å²) in [6.45, 7) is 1.95. The standard InChI is InChI=1S/C20H16BrNO4S/c1-2-26-20(25)17-15(12-7-9-13(21)10-8-12)11-27-19(17)22-18(24)14-5-3-4-6-16(14)23/h3-11,23H,2H2,1H3,(H,22,24). The van der Waals surface area contributed by atoms with Gasteiger partial charge in [-0.25, -0.2) is 4.79 Å². The number of anilines is 1. The van der Waals surface area contributed by atoms with Gasteiger partial charge in [0.25, 0.3) is 5.91 Å². The van der Waals surface area contributed by atoms with Gasteiger partial charge in [-0.15, -0.1) is 11.3 Å². The van der Waals surface area contributed by atoms with Crippen LogP contribution in [0.2, 0.25) is 0 Å². The van der Waals surface area contributed by atoms with E-state index in [1.54, 1.807) is 24.4 Å². The number of aromatic hydroxyl groups is 1. The van der Waals surface area contributed by atoms with E-state index in [9.17, 15) is 14.7 Å². The van der Waals surface area contributed by atoms with Gasteiger partial charge in [-0.3, -0.25) is 4.79 Å². The first-order valence-corrected chi connectivity index (χ1v) is 9.82. The Bertz CT molecular complexity index is 982. The molecule has 1 amide bonds. The van der Waals surface area contributed by atoms with Crippen LogP contribution in [0.15, 0.2) is 58.4 Å². The number of carbonyl (C=O) groups is 2. The van der Waals surface area contributed by atoms with Gasteiger partial charge in [-0.2, -0.15) is 0 Å². The zero-order valence-electron chi connectivity index (χ0n) is 14.4. The smallest absolute Gasteiger partial charge is 0.341 e. The number of hydrogen-bond donors (Lipinski definition) is 2. The maximum Gasteiger partial charge on any atom is 0.341 e. The largest absolute Gasteiger partial charge is 0.507 e. The van der Waals surface area contributed by atoms with Crippen LogP contribution in [-0.4, -0.2) is 23.6 Å². The van der Waals surface area contributed by atoms with E-state index in [1.165, 1.54) is 23.5 Å². The minimum atomic E-state index is -0.510. The molecule has 0 spiro atoms. The molecule has 0 aliphatic carbocycles. The summed E-state index contributed by atoms with van der Waals surface area (Å²) in [4.78, 5) is 25.1. The molecule has 0 unspecified atom stereocenters. The number of ether oxygens (including phenoxy) is 1. The molecule has 0 aliphatic heterocycles. The third kappa shape index (κ3) is 4.20. The van der Waals surface area contributed by atoms with E-state index in [0.29, 0.717) is 16.1 Å². The van der Waals surface area contributed by atoms with Crippen molar-refractivity contribution in [3.05, 3.63) is 69.5 Å². The molecule has 1 heterocycles. The first kappa shape index (κ1) is 19.1. The summed E-state index contributed by atoms with van der Waals surface area (Å²) in [6, 6.07) is 13.7. The highest BCUT2D eigenvalue weighted by atomic mass is 79.9. The molecule has 0 radical (unpaired) electrons. The highest BCUT2D eigenvalue weighted by Crippen LogP contribution is 2.37. The predicted octanol–water partition coefficient (Wildman–Crippen LogP) is 5.31. The molecule has 3 aromatic rings. The molecule has 0 fully saturated rings. The molecule has 2 aromatic carbocycles. The second-order valence-corrected chi connectivity index (χ2v) is 7.35. The molecule has 5 nitrogen and oxygen atoms in total. The van der Waals surface area contributed by atoms with Crippen molar-refractivity contribution < 1.29 is 19.4 Å². The number of hydrogen-bond acceptors (Lipinski definition) is 5. The summed E-state index contributed by atoms with van der Waals surface area (Å²) < 4.78 is 6.10. The molecular weight excluding hydrogens is 430 g/mol. The molecule has 0 aliphatic rings. The molecule has 0 saturated heterocycles. The Morgan fingerprint density at radius 2 is 1.85 bits per heavy atom. The quantitative estimate of drug-likeness (QED) is 0.521. The van der Waals surface area contributed by atoms with Crippen molar-refractivity contribution in [3.63, 3.8) is 0 Å². The van der Waals surface area contributed by atoms with Crippen LogP contribution >= 0.6 is 27.3 Å².